The monoisotopic (exact) mass is 753 g/mol. The Morgan fingerprint density at radius 2 is 1.80 bits per heavy atom. The van der Waals surface area contributed by atoms with Gasteiger partial charge in [-0.1, -0.05) is 54.1 Å². The fourth-order valence-corrected chi connectivity index (χ4v) is 9.81. The van der Waals surface area contributed by atoms with Crippen LogP contribution in [0.3, 0.4) is 0 Å². The molecule has 8 rings (SSSR count). The lowest BCUT2D eigenvalue weighted by Gasteiger charge is -2.62. The summed E-state index contributed by atoms with van der Waals surface area (Å²) in [4.78, 5) is 30.7. The molecule has 3 aliphatic carbocycles. The summed E-state index contributed by atoms with van der Waals surface area (Å²) in [6, 6.07) is 22.0. The molecule has 11 nitrogen and oxygen atoms in total. The molecule has 11 heteroatoms. The second kappa shape index (κ2) is 15.9. The summed E-state index contributed by atoms with van der Waals surface area (Å²) in [7, 11) is 2.10. The number of aliphatic hydroxyl groups is 1. The molecule has 3 aromatic carbocycles. The van der Waals surface area contributed by atoms with Gasteiger partial charge in [0, 0.05) is 56.5 Å². The molecule has 55 heavy (non-hydrogen) atoms. The number of carbonyl (C=O) groups excluding carboxylic acids is 2. The Bertz CT molecular complexity index is 1840. The van der Waals surface area contributed by atoms with E-state index in [-0.39, 0.29) is 47.8 Å². The summed E-state index contributed by atoms with van der Waals surface area (Å²) >= 11 is 0. The van der Waals surface area contributed by atoms with E-state index in [9.17, 15) is 19.8 Å². The average Bonchev–Trinajstić information content (AvgIpc) is 3.86. The van der Waals surface area contributed by atoms with Gasteiger partial charge in [0.1, 0.15) is 11.9 Å². The molecule has 1 amide bonds. The molecule has 3 aromatic rings. The molecule has 2 heterocycles. The largest absolute Gasteiger partial charge is 0.504 e. The first-order valence-electron chi connectivity index (χ1n) is 20.1. The van der Waals surface area contributed by atoms with E-state index in [1.807, 2.05) is 36.4 Å². The maximum absolute atomic E-state index is 13.1. The first kappa shape index (κ1) is 37.9. The predicted molar refractivity (Wildman–Crippen MR) is 206 cm³/mol. The van der Waals surface area contributed by atoms with Crippen LogP contribution in [0.5, 0.6) is 17.2 Å². The molecule has 2 aliphatic heterocycles. The number of benzene rings is 3. The van der Waals surface area contributed by atoms with Crippen molar-refractivity contribution in [2.45, 2.75) is 74.7 Å². The zero-order chi connectivity index (χ0) is 38.2. The van der Waals surface area contributed by atoms with E-state index in [4.69, 9.17) is 18.9 Å². The zero-order valence-corrected chi connectivity index (χ0v) is 32.1. The lowest BCUT2D eigenvalue weighted by atomic mass is 9.49. The molecule has 2 unspecified atom stereocenters. The summed E-state index contributed by atoms with van der Waals surface area (Å²) in [6.45, 7) is 7.64. The van der Waals surface area contributed by atoms with Gasteiger partial charge in [-0.2, -0.15) is 0 Å². The Morgan fingerprint density at radius 3 is 2.60 bits per heavy atom. The molecule has 3 N–H and O–H groups in total. The van der Waals surface area contributed by atoms with E-state index >= 15 is 0 Å². The summed E-state index contributed by atoms with van der Waals surface area (Å²) in [6.07, 6.45) is 2.76. The molecule has 3 fully saturated rings. The number of Topliss-reactive ketones (excluding diaryl/α,β-unsaturated/α-hetero) is 1. The smallest absolute Gasteiger partial charge is 0.223 e. The highest BCUT2D eigenvalue weighted by molar-refractivity contribution is 5.90. The van der Waals surface area contributed by atoms with Crippen molar-refractivity contribution in [3.8, 4) is 17.2 Å². The summed E-state index contributed by atoms with van der Waals surface area (Å²) in [5.74, 6) is 1.54. The van der Waals surface area contributed by atoms with E-state index in [2.05, 4.69) is 53.4 Å². The Morgan fingerprint density at radius 1 is 1.02 bits per heavy atom. The molecular weight excluding hydrogens is 698 g/mol. The number of phenols is 1. The van der Waals surface area contributed by atoms with Crippen molar-refractivity contribution in [1.82, 2.24) is 15.1 Å². The van der Waals surface area contributed by atoms with Crippen LogP contribution in [0.15, 0.2) is 66.7 Å². The molecule has 0 radical (unpaired) electrons. The van der Waals surface area contributed by atoms with Gasteiger partial charge in [0.05, 0.1) is 37.4 Å². The number of likely N-dealkylation sites (tertiary alicyclic amines) is 1. The molecule has 294 valence electrons. The highest BCUT2D eigenvalue weighted by Gasteiger charge is 2.73. The number of phenolic OH excluding ortho intramolecular Hbond substituents is 1. The SMILES string of the molecule is Cc1ccc(OC(CCN(C)CCOCCOCCNC(=O)[C@@H]2C[C@H]2CN2CC[C@]34c5c6ccc(O)c5OC3C(=O)CC[C@@]4(O)[C@H]2C6)c2ccccc2)cc1. The highest BCUT2D eigenvalue weighted by Crippen LogP contribution is 2.65. The third-order valence-electron chi connectivity index (χ3n) is 12.9. The quantitative estimate of drug-likeness (QED) is 0.161. The lowest BCUT2D eigenvalue weighted by Crippen LogP contribution is -2.76. The van der Waals surface area contributed by atoms with Crippen molar-refractivity contribution >= 4 is 11.7 Å². The van der Waals surface area contributed by atoms with Gasteiger partial charge in [-0.25, -0.2) is 0 Å². The maximum atomic E-state index is 13.1. The molecule has 5 aliphatic rings. The van der Waals surface area contributed by atoms with E-state index in [1.54, 1.807) is 6.07 Å². The van der Waals surface area contributed by atoms with E-state index in [1.165, 1.54) is 11.1 Å². The first-order chi connectivity index (χ1) is 26.7. The van der Waals surface area contributed by atoms with E-state index in [0.717, 1.165) is 49.4 Å². The van der Waals surface area contributed by atoms with Crippen LogP contribution in [-0.4, -0.2) is 116 Å². The van der Waals surface area contributed by atoms with Gasteiger partial charge in [-0.3, -0.25) is 14.5 Å². The minimum atomic E-state index is -1.12. The van der Waals surface area contributed by atoms with Crippen LogP contribution in [0, 0.1) is 18.8 Å². The zero-order valence-electron chi connectivity index (χ0n) is 32.1. The van der Waals surface area contributed by atoms with Gasteiger partial charge in [-0.15, -0.1) is 0 Å². The number of amides is 1. The number of ether oxygens (including phenoxy) is 4. The Kier molecular flexibility index (Phi) is 10.9. The van der Waals surface area contributed by atoms with Crippen LogP contribution >= 0.6 is 0 Å². The van der Waals surface area contributed by atoms with Gasteiger partial charge in [0.2, 0.25) is 5.91 Å². The number of aryl methyl sites for hydroxylation is 1. The highest BCUT2D eigenvalue weighted by atomic mass is 16.5. The van der Waals surface area contributed by atoms with Crippen molar-refractivity contribution < 1.29 is 38.7 Å². The van der Waals surface area contributed by atoms with Crippen LogP contribution in [0.1, 0.15) is 60.5 Å². The van der Waals surface area contributed by atoms with E-state index < -0.39 is 17.1 Å². The fourth-order valence-electron chi connectivity index (χ4n) is 9.81. The van der Waals surface area contributed by atoms with Crippen molar-refractivity contribution in [2.75, 3.05) is 66.2 Å². The van der Waals surface area contributed by atoms with Crippen LogP contribution in [0.25, 0.3) is 0 Å². The van der Waals surface area contributed by atoms with Crippen LogP contribution < -0.4 is 14.8 Å². The van der Waals surface area contributed by atoms with Gasteiger partial charge >= 0.3 is 0 Å². The van der Waals surface area contributed by atoms with Crippen LogP contribution in [0.2, 0.25) is 0 Å². The van der Waals surface area contributed by atoms with Gasteiger partial charge in [0.15, 0.2) is 23.4 Å². The normalized spacial score (nSPS) is 28.0. The predicted octanol–water partition coefficient (Wildman–Crippen LogP) is 4.35. The Hall–Kier alpha value is -4.00. The third kappa shape index (κ3) is 7.37. The number of nitrogens with one attached hydrogen (secondary N) is 1. The fraction of sp³-hybridized carbons (Fsp3) is 0.545. The lowest BCUT2D eigenvalue weighted by molar-refractivity contribution is -0.189. The van der Waals surface area contributed by atoms with Gasteiger partial charge < -0.3 is 39.4 Å². The minimum absolute atomic E-state index is 0.00346. The number of hydrogen-bond acceptors (Lipinski definition) is 10. The summed E-state index contributed by atoms with van der Waals surface area (Å²) < 4.78 is 24.1. The average molecular weight is 754 g/mol. The number of hydrogen-bond donors (Lipinski definition) is 3. The second-order valence-electron chi connectivity index (χ2n) is 16.3. The molecule has 0 aromatic heterocycles. The van der Waals surface area contributed by atoms with E-state index in [0.29, 0.717) is 64.5 Å². The number of ketones is 1. The number of carbonyl (C=O) groups is 2. The third-order valence-corrected chi connectivity index (χ3v) is 12.9. The van der Waals surface area contributed by atoms with Crippen LogP contribution in [0.4, 0.5) is 0 Å². The molecule has 1 saturated heterocycles. The molecule has 1 spiro atoms. The minimum Gasteiger partial charge on any atom is -0.504 e. The number of aromatic hydroxyl groups is 1. The standard InChI is InChI=1S/C44H55N3O8/c1-29-8-11-33(12-9-29)54-37(30-6-4-3-5-7-30)15-19-46(2)21-23-53-25-24-52-22-18-45-42(50)34-26-32(34)28-47-20-17-43-39-31-10-13-35(48)40(39)55-41(43)36(49)14-16-44(43,51)38(47)27-31/h3-13,32,34,37-38,41,48,51H,14-28H2,1-2H3,(H,45,50)/t32-,34+,37?,38+,41?,43-,44+/m0/s1. The van der Waals surface area contributed by atoms with Crippen LogP contribution in [-0.2, 0) is 30.9 Å². The molecule has 2 saturated carbocycles. The maximum Gasteiger partial charge on any atom is 0.223 e. The topological polar surface area (TPSA) is 130 Å². The van der Waals surface area contributed by atoms with Crippen molar-refractivity contribution in [2.24, 2.45) is 11.8 Å². The Balaban J connectivity index is 0.712. The van der Waals surface area contributed by atoms with Crippen molar-refractivity contribution in [3.05, 3.63) is 89.0 Å². The van der Waals surface area contributed by atoms with Crippen molar-refractivity contribution in [1.29, 1.82) is 0 Å². The van der Waals surface area contributed by atoms with Gasteiger partial charge in [-0.05, 0) is 81.4 Å². The number of rotatable bonds is 18. The van der Waals surface area contributed by atoms with Crippen molar-refractivity contribution in [3.63, 3.8) is 0 Å². The first-order valence-corrected chi connectivity index (χ1v) is 20.1. The number of likely N-dealkylation sites (N-methyl/N-ethyl adjacent to an activating group) is 1. The summed E-state index contributed by atoms with van der Waals surface area (Å²) in [5.41, 5.74) is 2.32. The number of piperidine rings is 1. The number of nitrogens with zero attached hydrogens (tertiary/aromatic N) is 2. The van der Waals surface area contributed by atoms with Gasteiger partial charge in [0.25, 0.3) is 0 Å². The molecular formula is C44H55N3O8. The molecule has 7 atom stereocenters. The Labute approximate surface area is 323 Å². The second-order valence-corrected chi connectivity index (χ2v) is 16.3. The summed E-state index contributed by atoms with van der Waals surface area (Å²) in [5, 5.41) is 26.1. The molecule has 2 bridgehead atoms.